The fourth-order valence-electron chi connectivity index (χ4n) is 2.17. The maximum absolute atomic E-state index is 12.7. The first-order chi connectivity index (χ1) is 10.3. The molecule has 0 bridgehead atoms. The average molecular weight is 337 g/mol. The molecule has 1 aliphatic heterocycles. The summed E-state index contributed by atoms with van der Waals surface area (Å²) in [4.78, 5) is 14.1. The molecule has 0 aliphatic carbocycles. The van der Waals surface area contributed by atoms with Crippen molar-refractivity contribution in [2.45, 2.75) is 19.1 Å². The van der Waals surface area contributed by atoms with Gasteiger partial charge in [-0.05, 0) is 25.1 Å². The molecule has 1 aliphatic rings. The Bertz CT molecular complexity index is 545. The number of alkyl halides is 3. The number of hydrogen-bond acceptors (Lipinski definition) is 3. The number of carbonyl (C=O) groups excluding carboxylic acids is 1. The SMILES string of the molecule is CC(C(=O)Nc1cc(C(F)(F)F)ccc1Cl)N1CCOCC1. The van der Waals surface area contributed by atoms with E-state index in [4.69, 9.17) is 16.3 Å². The highest BCUT2D eigenvalue weighted by molar-refractivity contribution is 6.33. The molecular formula is C14H16ClF3N2O2. The lowest BCUT2D eigenvalue weighted by molar-refractivity contribution is -0.137. The maximum Gasteiger partial charge on any atom is 0.416 e. The van der Waals surface area contributed by atoms with Crippen molar-refractivity contribution in [2.75, 3.05) is 31.6 Å². The number of carbonyl (C=O) groups is 1. The van der Waals surface area contributed by atoms with Crippen molar-refractivity contribution in [2.24, 2.45) is 0 Å². The number of benzene rings is 1. The smallest absolute Gasteiger partial charge is 0.379 e. The Morgan fingerprint density at radius 3 is 2.59 bits per heavy atom. The van der Waals surface area contributed by atoms with Gasteiger partial charge < -0.3 is 10.1 Å². The number of rotatable bonds is 3. The molecule has 1 fully saturated rings. The van der Waals surface area contributed by atoms with Gasteiger partial charge in [-0.1, -0.05) is 11.6 Å². The van der Waals surface area contributed by atoms with E-state index in [2.05, 4.69) is 5.32 Å². The number of nitrogens with zero attached hydrogens (tertiary/aromatic N) is 1. The quantitative estimate of drug-likeness (QED) is 0.922. The van der Waals surface area contributed by atoms with Crippen LogP contribution in [0.3, 0.4) is 0 Å². The Hall–Kier alpha value is -1.31. The normalized spacial score (nSPS) is 18.0. The second-order valence-corrected chi connectivity index (χ2v) is 5.41. The highest BCUT2D eigenvalue weighted by Gasteiger charge is 2.31. The molecule has 4 nitrogen and oxygen atoms in total. The van der Waals surface area contributed by atoms with Gasteiger partial charge in [-0.15, -0.1) is 0 Å². The van der Waals surface area contributed by atoms with Crippen molar-refractivity contribution >= 4 is 23.2 Å². The van der Waals surface area contributed by atoms with Crippen molar-refractivity contribution in [3.05, 3.63) is 28.8 Å². The molecule has 22 heavy (non-hydrogen) atoms. The Morgan fingerprint density at radius 2 is 2.00 bits per heavy atom. The molecule has 1 saturated heterocycles. The lowest BCUT2D eigenvalue weighted by Gasteiger charge is -2.31. The van der Waals surface area contributed by atoms with E-state index in [0.29, 0.717) is 26.3 Å². The summed E-state index contributed by atoms with van der Waals surface area (Å²) < 4.78 is 43.3. The Kier molecular flexibility index (Phi) is 5.31. The summed E-state index contributed by atoms with van der Waals surface area (Å²) in [6, 6.07) is 2.37. The minimum Gasteiger partial charge on any atom is -0.379 e. The first kappa shape index (κ1) is 17.1. The third-order valence-corrected chi connectivity index (χ3v) is 3.85. The van der Waals surface area contributed by atoms with Gasteiger partial charge in [0.2, 0.25) is 5.91 Å². The molecule has 1 N–H and O–H groups in total. The van der Waals surface area contributed by atoms with Crippen LogP contribution in [-0.4, -0.2) is 43.2 Å². The summed E-state index contributed by atoms with van der Waals surface area (Å²) in [5.41, 5.74) is -0.896. The molecule has 122 valence electrons. The molecular weight excluding hydrogens is 321 g/mol. The van der Waals surface area contributed by atoms with Crippen LogP contribution in [0.5, 0.6) is 0 Å². The molecule has 1 unspecified atom stereocenters. The number of nitrogens with one attached hydrogen (secondary N) is 1. The van der Waals surface area contributed by atoms with Crippen LogP contribution in [0.15, 0.2) is 18.2 Å². The number of halogens is 4. The van der Waals surface area contributed by atoms with Gasteiger partial charge in [-0.3, -0.25) is 9.69 Å². The van der Waals surface area contributed by atoms with Gasteiger partial charge >= 0.3 is 6.18 Å². The second-order valence-electron chi connectivity index (χ2n) is 5.01. The van der Waals surface area contributed by atoms with Crippen molar-refractivity contribution in [1.82, 2.24) is 4.90 Å². The first-order valence-corrected chi connectivity index (χ1v) is 7.16. The average Bonchev–Trinajstić information content (AvgIpc) is 2.48. The fraction of sp³-hybridized carbons (Fsp3) is 0.500. The molecule has 8 heteroatoms. The highest BCUT2D eigenvalue weighted by Crippen LogP contribution is 2.33. The fourth-order valence-corrected chi connectivity index (χ4v) is 2.33. The Balaban J connectivity index is 2.10. The molecule has 1 aromatic carbocycles. The molecule has 1 atom stereocenters. The van der Waals surface area contributed by atoms with E-state index in [1.165, 1.54) is 0 Å². The number of morpholine rings is 1. The lowest BCUT2D eigenvalue weighted by Crippen LogP contribution is -2.47. The number of hydrogen-bond donors (Lipinski definition) is 1. The molecule has 1 amide bonds. The lowest BCUT2D eigenvalue weighted by atomic mass is 10.1. The van der Waals surface area contributed by atoms with E-state index in [-0.39, 0.29) is 10.7 Å². The van der Waals surface area contributed by atoms with E-state index in [9.17, 15) is 18.0 Å². The minimum absolute atomic E-state index is 0.0402. The summed E-state index contributed by atoms with van der Waals surface area (Å²) >= 11 is 5.87. The molecule has 0 saturated carbocycles. The summed E-state index contributed by atoms with van der Waals surface area (Å²) in [5, 5.41) is 2.53. The van der Waals surface area contributed by atoms with Crippen molar-refractivity contribution < 1.29 is 22.7 Å². The largest absolute Gasteiger partial charge is 0.416 e. The van der Waals surface area contributed by atoms with Gasteiger partial charge in [-0.25, -0.2) is 0 Å². The van der Waals surface area contributed by atoms with E-state index in [1.807, 2.05) is 4.90 Å². The van der Waals surface area contributed by atoms with E-state index >= 15 is 0 Å². The molecule has 2 rings (SSSR count). The van der Waals surface area contributed by atoms with Crippen LogP contribution in [0.1, 0.15) is 12.5 Å². The Labute approximate surface area is 131 Å². The van der Waals surface area contributed by atoms with Crippen molar-refractivity contribution in [1.29, 1.82) is 0 Å². The van der Waals surface area contributed by atoms with Gasteiger partial charge in [0.05, 0.1) is 35.5 Å². The standard InChI is InChI=1S/C14H16ClF3N2O2/c1-9(20-4-6-22-7-5-20)13(21)19-12-8-10(14(16,17)18)2-3-11(12)15/h2-3,8-9H,4-7H2,1H3,(H,19,21). The van der Waals surface area contributed by atoms with Gasteiger partial charge in [0, 0.05) is 13.1 Å². The number of amides is 1. The topological polar surface area (TPSA) is 41.6 Å². The van der Waals surface area contributed by atoms with E-state index in [0.717, 1.165) is 18.2 Å². The van der Waals surface area contributed by atoms with Crippen LogP contribution >= 0.6 is 11.6 Å². The van der Waals surface area contributed by atoms with E-state index in [1.54, 1.807) is 6.92 Å². The summed E-state index contributed by atoms with van der Waals surface area (Å²) in [5.74, 6) is -0.400. The highest BCUT2D eigenvalue weighted by atomic mass is 35.5. The monoisotopic (exact) mass is 336 g/mol. The molecule has 0 spiro atoms. The predicted octanol–water partition coefficient (Wildman–Crippen LogP) is 3.02. The first-order valence-electron chi connectivity index (χ1n) is 6.78. The van der Waals surface area contributed by atoms with Crippen molar-refractivity contribution in [3.63, 3.8) is 0 Å². The number of anilines is 1. The molecule has 1 heterocycles. The second kappa shape index (κ2) is 6.85. The molecule has 0 radical (unpaired) electrons. The van der Waals surface area contributed by atoms with Gasteiger partial charge in [0.1, 0.15) is 0 Å². The zero-order valence-corrected chi connectivity index (χ0v) is 12.7. The molecule has 1 aromatic rings. The van der Waals surface area contributed by atoms with Crippen LogP contribution < -0.4 is 5.32 Å². The zero-order chi connectivity index (χ0) is 16.3. The van der Waals surface area contributed by atoms with Gasteiger partial charge in [0.25, 0.3) is 0 Å². The van der Waals surface area contributed by atoms with Crippen LogP contribution in [0.2, 0.25) is 5.02 Å². The third-order valence-electron chi connectivity index (χ3n) is 3.52. The third kappa shape index (κ3) is 4.12. The zero-order valence-electron chi connectivity index (χ0n) is 11.9. The predicted molar refractivity (Wildman–Crippen MR) is 76.9 cm³/mol. The summed E-state index contributed by atoms with van der Waals surface area (Å²) in [6.07, 6.45) is -4.49. The minimum atomic E-state index is -4.49. The van der Waals surface area contributed by atoms with Gasteiger partial charge in [-0.2, -0.15) is 13.2 Å². The summed E-state index contributed by atoms with van der Waals surface area (Å²) in [7, 11) is 0. The van der Waals surface area contributed by atoms with Crippen LogP contribution in [0, 0.1) is 0 Å². The van der Waals surface area contributed by atoms with Gasteiger partial charge in [0.15, 0.2) is 0 Å². The van der Waals surface area contributed by atoms with E-state index < -0.39 is 23.7 Å². The number of ether oxygens (including phenoxy) is 1. The van der Waals surface area contributed by atoms with Crippen LogP contribution in [-0.2, 0) is 15.7 Å². The van der Waals surface area contributed by atoms with Crippen LogP contribution in [0.4, 0.5) is 18.9 Å². The Morgan fingerprint density at radius 1 is 1.36 bits per heavy atom. The van der Waals surface area contributed by atoms with Crippen LogP contribution in [0.25, 0.3) is 0 Å². The molecule has 0 aromatic heterocycles. The maximum atomic E-state index is 12.7. The van der Waals surface area contributed by atoms with Crippen molar-refractivity contribution in [3.8, 4) is 0 Å². The summed E-state index contributed by atoms with van der Waals surface area (Å²) in [6.45, 7) is 3.96.